The van der Waals surface area contributed by atoms with E-state index in [0.29, 0.717) is 0 Å². The maximum absolute atomic E-state index is 8.66. The summed E-state index contributed by atoms with van der Waals surface area (Å²) in [5, 5.41) is 0. The Morgan fingerprint density at radius 3 is 1.33 bits per heavy atom. The van der Waals surface area contributed by atoms with E-state index in [9.17, 15) is 0 Å². The van der Waals surface area contributed by atoms with Crippen molar-refractivity contribution in [1.82, 2.24) is 0 Å². The summed E-state index contributed by atoms with van der Waals surface area (Å²) in [4.78, 5) is 24.3. The number of hydrogen-bond donors (Lipinski definition) is 1. The third kappa shape index (κ3) is 106. The van der Waals surface area contributed by atoms with Gasteiger partial charge in [0.2, 0.25) is 0 Å². The predicted octanol–water partition coefficient (Wildman–Crippen LogP) is -4.94. The standard InChI is InChI=1S/Al.Ca.H3O4P.H3Si.W.3H/c;;1-5(2,3)4;;;;;/h;;(H3,1,2,3,4);1H3;;;;/q;+2;;;;;;/p-2. The van der Waals surface area contributed by atoms with Gasteiger partial charge in [-0.15, -0.1) is 0 Å². The van der Waals surface area contributed by atoms with Gasteiger partial charge in [-0.05, 0) is 11.0 Å². The second-order valence-corrected chi connectivity index (χ2v) is 1.41. The molecule has 0 rings (SSSR count). The number of phosphoric acid groups is 1. The van der Waals surface area contributed by atoms with Gasteiger partial charge >= 0.3 is 37.7 Å². The van der Waals surface area contributed by atoms with Crippen molar-refractivity contribution in [2.45, 2.75) is 0 Å². The molecule has 1 N–H and O–H groups in total. The summed E-state index contributed by atoms with van der Waals surface area (Å²) >= 11 is 0. The van der Waals surface area contributed by atoms with Gasteiger partial charge in [0.15, 0.2) is 17.4 Å². The van der Waals surface area contributed by atoms with Crippen LogP contribution in [0.2, 0.25) is 0 Å². The Kier molecular flexibility index (Phi) is 44.3. The largest absolute Gasteiger partial charge is 2.00 e. The topological polar surface area (TPSA) is 83.4 Å². The minimum Gasteiger partial charge on any atom is -0.790 e. The average molecular weight is 381 g/mol. The normalized spacial score (nSPS) is 6.56. The number of hydrogen-bond acceptors (Lipinski definition) is 3. The molecule has 4 nitrogen and oxygen atoms in total. The predicted molar refractivity (Wildman–Crippen MR) is 35.5 cm³/mol. The van der Waals surface area contributed by atoms with Gasteiger partial charge in [-0.3, -0.25) is 0 Å². The van der Waals surface area contributed by atoms with E-state index >= 15 is 0 Å². The summed E-state index contributed by atoms with van der Waals surface area (Å²) < 4.78 is 8.66. The first kappa shape index (κ1) is 29.8. The average Bonchev–Trinajstić information content (AvgIpc) is 0.722. The van der Waals surface area contributed by atoms with Crippen LogP contribution in [0.4, 0.5) is 0 Å². The van der Waals surface area contributed by atoms with Gasteiger partial charge in [-0.2, -0.15) is 0 Å². The van der Waals surface area contributed by atoms with Gasteiger partial charge in [0.1, 0.15) is 0 Å². The summed E-state index contributed by atoms with van der Waals surface area (Å²) in [6.07, 6.45) is 0. The summed E-state index contributed by atoms with van der Waals surface area (Å²) in [7, 11) is -5.14. The Labute approximate surface area is 112 Å². The third-order valence-electron chi connectivity index (χ3n) is 0. The molecule has 0 aliphatic heterocycles. The monoisotopic (exact) mass is 381 g/mol. The third-order valence-corrected chi connectivity index (χ3v) is 0. The first-order valence-electron chi connectivity index (χ1n) is 0.748. The fourth-order valence-corrected chi connectivity index (χ4v) is 0. The van der Waals surface area contributed by atoms with E-state index in [2.05, 4.69) is 0 Å². The Hall–Kier alpha value is 2.81. The van der Waals surface area contributed by atoms with Crippen LogP contribution in [0.25, 0.3) is 0 Å². The van der Waals surface area contributed by atoms with Gasteiger partial charge in [-0.1, -0.05) is 0 Å². The molecule has 0 aromatic carbocycles. The first-order chi connectivity index (χ1) is 2.00. The van der Waals surface area contributed by atoms with E-state index in [1.54, 1.807) is 0 Å². The Balaban J connectivity index is -0.0000000133. The Bertz CT molecular complexity index is 66.7. The van der Waals surface area contributed by atoms with Crippen molar-refractivity contribution in [3.8, 4) is 0 Å². The smallest absolute Gasteiger partial charge is 0.790 e. The molecule has 0 aromatic heterocycles. The summed E-state index contributed by atoms with van der Waals surface area (Å²) in [5.74, 6) is 0. The van der Waals surface area contributed by atoms with Crippen LogP contribution >= 0.6 is 7.82 Å². The van der Waals surface area contributed by atoms with Crippen LogP contribution < -0.4 is 9.79 Å². The zero-order chi connectivity index (χ0) is 4.50. The molecule has 0 aromatic rings. The molecule has 9 heavy (non-hydrogen) atoms. The first-order valence-corrected chi connectivity index (χ1v) is 2.24. The van der Waals surface area contributed by atoms with Crippen LogP contribution in [0.1, 0.15) is 0 Å². The van der Waals surface area contributed by atoms with Crippen LogP contribution in [0.5, 0.6) is 0 Å². The minimum atomic E-state index is -5.14. The molecule has 0 spiro atoms. The van der Waals surface area contributed by atoms with Crippen LogP contribution in [-0.4, -0.2) is 71.0 Å². The van der Waals surface area contributed by atoms with Crippen molar-refractivity contribution in [1.29, 1.82) is 0 Å². The van der Waals surface area contributed by atoms with Gasteiger partial charge in [0.25, 0.3) is 0 Å². The molecule has 0 amide bonds. The van der Waals surface area contributed by atoms with E-state index in [0.717, 1.165) is 0 Å². The van der Waals surface area contributed by atoms with E-state index in [4.69, 9.17) is 19.2 Å². The molecule has 9 heteroatoms. The van der Waals surface area contributed by atoms with Crippen LogP contribution in [-0.2, 0) is 25.6 Å². The fourth-order valence-electron chi connectivity index (χ4n) is 0. The van der Waals surface area contributed by atoms with Crippen molar-refractivity contribution < 1.29 is 40.3 Å². The maximum atomic E-state index is 8.66. The molecule has 0 saturated heterocycles. The van der Waals surface area contributed by atoms with E-state index in [1.807, 2.05) is 0 Å². The zero-order valence-corrected chi connectivity index (χ0v) is 12.3. The minimum absolute atomic E-state index is 0. The molecule has 0 atom stereocenters. The molecule has 51 valence electrons. The molecule has 1 radical (unpaired) electrons. The molecule has 0 heterocycles. The van der Waals surface area contributed by atoms with Crippen molar-refractivity contribution in [3.05, 3.63) is 0 Å². The molecule has 0 unspecified atom stereocenters. The quantitative estimate of drug-likeness (QED) is 0.337. The van der Waals surface area contributed by atoms with E-state index in [-0.39, 0.29) is 87.1 Å². The fraction of sp³-hybridized carbons (Fsp3) is 0. The van der Waals surface area contributed by atoms with Crippen LogP contribution in [0.15, 0.2) is 0 Å². The van der Waals surface area contributed by atoms with E-state index < -0.39 is 7.82 Å². The van der Waals surface area contributed by atoms with Gasteiger partial charge in [-0.25, -0.2) is 0 Å². The molecule has 0 aliphatic rings. The zero-order valence-electron chi connectivity index (χ0n) is 4.23. The van der Waals surface area contributed by atoms with Crippen LogP contribution in [0.3, 0.4) is 0 Å². The SMILES string of the molecule is O=P([O-])([O-])O.[AlH3].[Ca+2].[SiH3].[W]. The van der Waals surface area contributed by atoms with E-state index in [1.165, 1.54) is 0 Å². The molecule has 0 saturated carbocycles. The molecule has 0 bridgehead atoms. The molecule has 0 aliphatic carbocycles. The van der Waals surface area contributed by atoms with Crippen LogP contribution in [0, 0.1) is 0 Å². The van der Waals surface area contributed by atoms with Gasteiger partial charge in [0.05, 0.1) is 7.82 Å². The molecular weight excluding hydrogens is 374 g/mol. The van der Waals surface area contributed by atoms with Crippen molar-refractivity contribution in [2.24, 2.45) is 0 Å². The number of rotatable bonds is 0. The maximum Gasteiger partial charge on any atom is 2.00 e. The van der Waals surface area contributed by atoms with Gasteiger partial charge < -0.3 is 19.2 Å². The summed E-state index contributed by atoms with van der Waals surface area (Å²) in [6, 6.07) is 0. The van der Waals surface area contributed by atoms with Gasteiger partial charge in [0, 0.05) is 21.1 Å². The molecule has 0 fully saturated rings. The Morgan fingerprint density at radius 1 is 1.33 bits per heavy atom. The second kappa shape index (κ2) is 13.4. The Morgan fingerprint density at radius 2 is 1.33 bits per heavy atom. The summed E-state index contributed by atoms with van der Waals surface area (Å²) in [5.41, 5.74) is 0. The second-order valence-electron chi connectivity index (χ2n) is 0.469. The van der Waals surface area contributed by atoms with Crippen molar-refractivity contribution in [3.63, 3.8) is 0 Å². The molecular formula is H7AlCaO4PSiW. The summed E-state index contributed by atoms with van der Waals surface area (Å²) in [6.45, 7) is 0. The van der Waals surface area contributed by atoms with Crippen molar-refractivity contribution in [2.75, 3.05) is 0 Å². The van der Waals surface area contributed by atoms with Crippen molar-refractivity contribution >= 4 is 73.9 Å².